The lowest BCUT2D eigenvalue weighted by molar-refractivity contribution is -0.144. The van der Waals surface area contributed by atoms with Crippen LogP contribution in [0.25, 0.3) is 0 Å². The molecule has 1 saturated carbocycles. The minimum absolute atomic E-state index is 0.305. The fourth-order valence-corrected chi connectivity index (χ4v) is 3.91. The van der Waals surface area contributed by atoms with Crippen molar-refractivity contribution in [3.8, 4) is 5.75 Å². The highest BCUT2D eigenvalue weighted by molar-refractivity contribution is 8.00. The molecule has 1 aliphatic carbocycles. The lowest BCUT2D eigenvalue weighted by atomic mass is 9.99. The minimum atomic E-state index is -0.764. The van der Waals surface area contributed by atoms with Gasteiger partial charge in [0, 0.05) is 10.1 Å². The lowest BCUT2D eigenvalue weighted by Gasteiger charge is -2.23. The molecular formula is C14H19NO3S. The monoisotopic (exact) mass is 281 g/mol. The summed E-state index contributed by atoms with van der Waals surface area (Å²) in [6, 6.07) is 7.86. The smallest absolute Gasteiger partial charge is 0.323 e. The summed E-state index contributed by atoms with van der Waals surface area (Å²) in [6.45, 7) is 0. The molecule has 0 bridgehead atoms. The van der Waals surface area contributed by atoms with Gasteiger partial charge in [-0.25, -0.2) is 0 Å². The van der Waals surface area contributed by atoms with Gasteiger partial charge in [-0.1, -0.05) is 12.1 Å². The number of likely N-dealkylation sites (N-methyl/N-ethyl adjacent to an activating group) is 1. The number of carboxylic acid groups (broad SMARTS) is 1. The Balaban J connectivity index is 2.08. The van der Waals surface area contributed by atoms with Gasteiger partial charge >= 0.3 is 5.97 Å². The van der Waals surface area contributed by atoms with E-state index in [1.807, 2.05) is 24.3 Å². The zero-order valence-corrected chi connectivity index (χ0v) is 12.0. The van der Waals surface area contributed by atoms with Crippen molar-refractivity contribution >= 4 is 17.7 Å². The molecule has 2 N–H and O–H groups in total. The Morgan fingerprint density at radius 1 is 1.53 bits per heavy atom. The number of para-hydroxylation sites is 1. The van der Waals surface area contributed by atoms with Crippen molar-refractivity contribution in [2.24, 2.45) is 0 Å². The van der Waals surface area contributed by atoms with E-state index in [-0.39, 0.29) is 0 Å². The summed E-state index contributed by atoms with van der Waals surface area (Å²) in [7, 11) is 3.38. The Hall–Kier alpha value is -1.20. The van der Waals surface area contributed by atoms with Crippen LogP contribution in [0, 0.1) is 0 Å². The van der Waals surface area contributed by atoms with Gasteiger partial charge in [-0.3, -0.25) is 4.79 Å². The maximum atomic E-state index is 11.4. The van der Waals surface area contributed by atoms with Crippen molar-refractivity contribution in [3.63, 3.8) is 0 Å². The molecule has 2 unspecified atom stereocenters. The number of benzene rings is 1. The van der Waals surface area contributed by atoms with E-state index >= 15 is 0 Å². The van der Waals surface area contributed by atoms with Crippen LogP contribution >= 0.6 is 11.8 Å². The van der Waals surface area contributed by atoms with Gasteiger partial charge in [-0.05, 0) is 38.4 Å². The van der Waals surface area contributed by atoms with Crippen LogP contribution in [0.2, 0.25) is 0 Å². The number of aliphatic carboxylic acids is 1. The van der Waals surface area contributed by atoms with Gasteiger partial charge in [-0.2, -0.15) is 0 Å². The molecule has 0 heterocycles. The molecule has 0 radical (unpaired) electrons. The van der Waals surface area contributed by atoms with Crippen molar-refractivity contribution in [2.75, 3.05) is 14.2 Å². The average molecular weight is 281 g/mol. The third-order valence-corrected chi connectivity index (χ3v) is 5.05. The molecule has 0 spiro atoms. The first kappa shape index (κ1) is 14.2. The molecule has 19 heavy (non-hydrogen) atoms. The van der Waals surface area contributed by atoms with E-state index in [4.69, 9.17) is 4.74 Å². The first-order valence-corrected chi connectivity index (χ1v) is 7.21. The summed E-state index contributed by atoms with van der Waals surface area (Å²) >= 11 is 1.71. The van der Waals surface area contributed by atoms with Gasteiger partial charge in [0.1, 0.15) is 11.3 Å². The molecule has 0 amide bonds. The second kappa shape index (κ2) is 5.84. The first-order valence-electron chi connectivity index (χ1n) is 6.33. The molecule has 1 aromatic rings. The van der Waals surface area contributed by atoms with Crippen molar-refractivity contribution in [1.82, 2.24) is 5.32 Å². The predicted molar refractivity (Wildman–Crippen MR) is 75.9 cm³/mol. The number of nitrogens with one attached hydrogen (secondary N) is 1. The van der Waals surface area contributed by atoms with Gasteiger partial charge in [-0.15, -0.1) is 11.8 Å². The van der Waals surface area contributed by atoms with E-state index < -0.39 is 11.5 Å². The third kappa shape index (κ3) is 2.87. The summed E-state index contributed by atoms with van der Waals surface area (Å²) in [5, 5.41) is 12.6. The van der Waals surface area contributed by atoms with Crippen LogP contribution in [0.15, 0.2) is 29.2 Å². The summed E-state index contributed by atoms with van der Waals surface area (Å²) in [5.41, 5.74) is -0.764. The first-order chi connectivity index (χ1) is 9.11. The SMILES string of the molecule is CNC1(C(=O)O)CCC(Sc2ccccc2OC)C1. The Morgan fingerprint density at radius 2 is 2.26 bits per heavy atom. The number of carbonyl (C=O) groups is 1. The molecular weight excluding hydrogens is 262 g/mol. The molecule has 1 aliphatic rings. The number of rotatable bonds is 5. The Labute approximate surface area is 117 Å². The molecule has 5 heteroatoms. The van der Waals surface area contributed by atoms with E-state index in [1.54, 1.807) is 25.9 Å². The second-order valence-corrected chi connectivity index (χ2v) is 6.11. The fourth-order valence-electron chi connectivity index (χ4n) is 2.52. The second-order valence-electron chi connectivity index (χ2n) is 4.77. The number of carboxylic acids is 1. The number of ether oxygens (including phenoxy) is 1. The third-order valence-electron chi connectivity index (χ3n) is 3.72. The number of hydrogen-bond acceptors (Lipinski definition) is 4. The van der Waals surface area contributed by atoms with Gasteiger partial charge in [0.05, 0.1) is 7.11 Å². The normalized spacial score (nSPS) is 26.3. The van der Waals surface area contributed by atoms with Crippen LogP contribution in [-0.2, 0) is 4.79 Å². The van der Waals surface area contributed by atoms with E-state index in [1.165, 1.54) is 0 Å². The van der Waals surface area contributed by atoms with E-state index in [9.17, 15) is 9.90 Å². The Kier molecular flexibility index (Phi) is 4.37. The zero-order valence-electron chi connectivity index (χ0n) is 11.2. The number of methoxy groups -OCH3 is 1. The Morgan fingerprint density at radius 3 is 2.84 bits per heavy atom. The van der Waals surface area contributed by atoms with Gasteiger partial charge in [0.25, 0.3) is 0 Å². The highest BCUT2D eigenvalue weighted by Gasteiger charge is 2.44. The molecule has 0 aromatic heterocycles. The van der Waals surface area contributed by atoms with Crippen LogP contribution < -0.4 is 10.1 Å². The highest BCUT2D eigenvalue weighted by atomic mass is 32.2. The van der Waals surface area contributed by atoms with Crippen molar-refractivity contribution in [1.29, 1.82) is 0 Å². The molecule has 104 valence electrons. The Bertz CT molecular complexity index is 466. The number of hydrogen-bond donors (Lipinski definition) is 2. The minimum Gasteiger partial charge on any atom is -0.496 e. The summed E-state index contributed by atoms with van der Waals surface area (Å²) in [5.74, 6) is 0.0999. The molecule has 0 aliphatic heterocycles. The van der Waals surface area contributed by atoms with Crippen LogP contribution in [0.1, 0.15) is 19.3 Å². The van der Waals surface area contributed by atoms with E-state index in [0.29, 0.717) is 18.1 Å². The van der Waals surface area contributed by atoms with Crippen molar-refractivity contribution in [2.45, 2.75) is 34.9 Å². The standard InChI is InChI=1S/C14H19NO3S/c1-15-14(13(16)17)8-7-10(9-14)19-12-6-4-3-5-11(12)18-2/h3-6,10,15H,7-9H2,1-2H3,(H,16,17). The molecule has 1 fully saturated rings. The lowest BCUT2D eigenvalue weighted by Crippen LogP contribution is -2.48. The average Bonchev–Trinajstić information content (AvgIpc) is 2.84. The van der Waals surface area contributed by atoms with Gasteiger partial charge in [0.15, 0.2) is 0 Å². The largest absolute Gasteiger partial charge is 0.496 e. The predicted octanol–water partition coefficient (Wildman–Crippen LogP) is 2.38. The van der Waals surface area contributed by atoms with Crippen LogP contribution in [-0.4, -0.2) is 36.0 Å². The van der Waals surface area contributed by atoms with E-state index in [0.717, 1.165) is 17.1 Å². The molecule has 0 saturated heterocycles. The fraction of sp³-hybridized carbons (Fsp3) is 0.500. The number of thioether (sulfide) groups is 1. The molecule has 4 nitrogen and oxygen atoms in total. The maximum Gasteiger partial charge on any atom is 0.323 e. The quantitative estimate of drug-likeness (QED) is 0.868. The van der Waals surface area contributed by atoms with Crippen LogP contribution in [0.5, 0.6) is 5.75 Å². The molecule has 1 aromatic carbocycles. The van der Waals surface area contributed by atoms with Gasteiger partial charge in [0.2, 0.25) is 0 Å². The van der Waals surface area contributed by atoms with Crippen molar-refractivity contribution < 1.29 is 14.6 Å². The van der Waals surface area contributed by atoms with Crippen LogP contribution in [0.3, 0.4) is 0 Å². The summed E-state index contributed by atoms with van der Waals surface area (Å²) < 4.78 is 5.33. The summed E-state index contributed by atoms with van der Waals surface area (Å²) in [4.78, 5) is 12.5. The topological polar surface area (TPSA) is 58.6 Å². The van der Waals surface area contributed by atoms with Crippen molar-refractivity contribution in [3.05, 3.63) is 24.3 Å². The molecule has 2 atom stereocenters. The maximum absolute atomic E-state index is 11.4. The highest BCUT2D eigenvalue weighted by Crippen LogP contribution is 2.42. The summed E-state index contributed by atoms with van der Waals surface area (Å²) in [6.07, 6.45) is 2.21. The zero-order chi connectivity index (χ0) is 13.9. The molecule has 2 rings (SSSR count). The van der Waals surface area contributed by atoms with E-state index in [2.05, 4.69) is 5.32 Å². The van der Waals surface area contributed by atoms with Crippen LogP contribution in [0.4, 0.5) is 0 Å². The van der Waals surface area contributed by atoms with Gasteiger partial charge < -0.3 is 15.2 Å².